The van der Waals surface area contributed by atoms with Crippen LogP contribution in [0.15, 0.2) is 60.7 Å². The van der Waals surface area contributed by atoms with Crippen LogP contribution in [-0.2, 0) is 5.92 Å². The first-order valence-corrected chi connectivity index (χ1v) is 5.24. The highest BCUT2D eigenvalue weighted by molar-refractivity contribution is 5.27. The largest absolute Gasteiger partial charge is 0.307 e. The third-order valence-corrected chi connectivity index (χ3v) is 2.57. The van der Waals surface area contributed by atoms with Crippen LogP contribution in [0.1, 0.15) is 17.3 Å². The summed E-state index contributed by atoms with van der Waals surface area (Å²) in [6.45, 7) is 0. The summed E-state index contributed by atoms with van der Waals surface area (Å²) in [6, 6.07) is 14.5. The number of hydrogen-bond donors (Lipinski definition) is 0. The smallest absolute Gasteiger partial charge is 0.235 e. The number of rotatable bonds is 3. The molecule has 88 valence electrons. The second-order valence-electron chi connectivity index (χ2n) is 3.76. The maximum atomic E-state index is 13.9. The Bertz CT molecular complexity index is 465. The molecular formula is C14H11F3. The average molecular weight is 236 g/mol. The molecule has 0 amide bonds. The van der Waals surface area contributed by atoms with Crippen molar-refractivity contribution in [3.8, 4) is 0 Å². The summed E-state index contributed by atoms with van der Waals surface area (Å²) in [6.07, 6.45) is -2.33. The Morgan fingerprint density at radius 3 is 1.76 bits per heavy atom. The molecule has 0 unspecified atom stereocenters. The van der Waals surface area contributed by atoms with Gasteiger partial charge in [-0.2, -0.15) is 8.78 Å². The van der Waals surface area contributed by atoms with Crippen LogP contribution >= 0.6 is 0 Å². The summed E-state index contributed by atoms with van der Waals surface area (Å²) in [5.41, 5.74) is -0.322. The zero-order chi connectivity index (χ0) is 12.3. The number of halogens is 3. The van der Waals surface area contributed by atoms with E-state index in [1.165, 1.54) is 36.4 Å². The second kappa shape index (κ2) is 4.62. The first-order chi connectivity index (χ1) is 8.12. The monoisotopic (exact) mass is 236 g/mol. The summed E-state index contributed by atoms with van der Waals surface area (Å²) in [7, 11) is 0. The van der Waals surface area contributed by atoms with Gasteiger partial charge in [0.1, 0.15) is 0 Å². The van der Waals surface area contributed by atoms with Crippen LogP contribution in [0.2, 0.25) is 0 Å². The lowest BCUT2D eigenvalue weighted by Gasteiger charge is -2.21. The van der Waals surface area contributed by atoms with Gasteiger partial charge in [0.25, 0.3) is 0 Å². The molecule has 17 heavy (non-hydrogen) atoms. The SMILES string of the molecule is F[C@@H](c1ccccc1)C(F)(F)c1ccccc1. The highest BCUT2D eigenvalue weighted by atomic mass is 19.3. The molecule has 1 atom stereocenters. The fourth-order valence-corrected chi connectivity index (χ4v) is 1.64. The highest BCUT2D eigenvalue weighted by Crippen LogP contribution is 2.42. The van der Waals surface area contributed by atoms with Crippen molar-refractivity contribution in [1.29, 1.82) is 0 Å². The van der Waals surface area contributed by atoms with Crippen LogP contribution < -0.4 is 0 Å². The predicted octanol–water partition coefficient (Wildman–Crippen LogP) is 4.49. The maximum absolute atomic E-state index is 13.9. The van der Waals surface area contributed by atoms with E-state index >= 15 is 0 Å². The topological polar surface area (TPSA) is 0 Å². The van der Waals surface area contributed by atoms with E-state index in [0.717, 1.165) is 0 Å². The van der Waals surface area contributed by atoms with Crippen molar-refractivity contribution in [1.82, 2.24) is 0 Å². The molecule has 0 nitrogen and oxygen atoms in total. The summed E-state index contributed by atoms with van der Waals surface area (Å²) in [5.74, 6) is -3.51. The van der Waals surface area contributed by atoms with Gasteiger partial charge in [-0.15, -0.1) is 0 Å². The van der Waals surface area contributed by atoms with Crippen molar-refractivity contribution in [2.75, 3.05) is 0 Å². The first-order valence-electron chi connectivity index (χ1n) is 5.24. The summed E-state index contributed by atoms with van der Waals surface area (Å²) in [5, 5.41) is 0. The molecular weight excluding hydrogens is 225 g/mol. The van der Waals surface area contributed by atoms with E-state index in [2.05, 4.69) is 0 Å². The normalized spacial score (nSPS) is 13.4. The van der Waals surface area contributed by atoms with Gasteiger partial charge in [-0.1, -0.05) is 60.7 Å². The zero-order valence-corrected chi connectivity index (χ0v) is 8.98. The molecule has 3 heteroatoms. The number of benzene rings is 2. The second-order valence-corrected chi connectivity index (χ2v) is 3.76. The lowest BCUT2D eigenvalue weighted by Crippen LogP contribution is -2.20. The van der Waals surface area contributed by atoms with E-state index in [4.69, 9.17) is 0 Å². The Labute approximate surface area is 97.7 Å². The molecule has 0 aliphatic heterocycles. The molecule has 2 rings (SSSR count). The van der Waals surface area contributed by atoms with E-state index in [9.17, 15) is 13.2 Å². The molecule has 0 heterocycles. The van der Waals surface area contributed by atoms with Crippen LogP contribution in [0, 0.1) is 0 Å². The van der Waals surface area contributed by atoms with E-state index in [-0.39, 0.29) is 11.1 Å². The Balaban J connectivity index is 2.33. The Hall–Kier alpha value is -1.77. The van der Waals surface area contributed by atoms with Gasteiger partial charge in [-0.25, -0.2) is 4.39 Å². The van der Waals surface area contributed by atoms with Gasteiger partial charge >= 0.3 is 5.92 Å². The molecule has 2 aromatic rings. The van der Waals surface area contributed by atoms with Crippen molar-refractivity contribution in [3.63, 3.8) is 0 Å². The van der Waals surface area contributed by atoms with Crippen LogP contribution in [-0.4, -0.2) is 0 Å². The summed E-state index contributed by atoms with van der Waals surface area (Å²) in [4.78, 5) is 0. The number of hydrogen-bond acceptors (Lipinski definition) is 0. The van der Waals surface area contributed by atoms with Crippen molar-refractivity contribution in [3.05, 3.63) is 71.8 Å². The number of alkyl halides is 3. The van der Waals surface area contributed by atoms with Crippen molar-refractivity contribution in [2.45, 2.75) is 12.1 Å². The lowest BCUT2D eigenvalue weighted by atomic mass is 9.98. The van der Waals surface area contributed by atoms with Gasteiger partial charge in [0.15, 0.2) is 6.17 Å². The third-order valence-electron chi connectivity index (χ3n) is 2.57. The van der Waals surface area contributed by atoms with Gasteiger partial charge in [-0.05, 0) is 5.56 Å². The van der Waals surface area contributed by atoms with E-state index < -0.39 is 12.1 Å². The van der Waals surface area contributed by atoms with Gasteiger partial charge in [0, 0.05) is 5.56 Å². The van der Waals surface area contributed by atoms with E-state index in [1.54, 1.807) is 24.3 Å². The van der Waals surface area contributed by atoms with Gasteiger partial charge in [0.2, 0.25) is 0 Å². The van der Waals surface area contributed by atoms with Crippen LogP contribution in [0.5, 0.6) is 0 Å². The Morgan fingerprint density at radius 2 is 1.24 bits per heavy atom. The minimum absolute atomic E-state index is 0.0126. The summed E-state index contributed by atoms with van der Waals surface area (Å²) >= 11 is 0. The summed E-state index contributed by atoms with van der Waals surface area (Å²) < 4.78 is 41.6. The fourth-order valence-electron chi connectivity index (χ4n) is 1.64. The highest BCUT2D eigenvalue weighted by Gasteiger charge is 2.42. The Kier molecular flexibility index (Phi) is 3.18. The van der Waals surface area contributed by atoms with E-state index in [1.807, 2.05) is 0 Å². The standard InChI is InChI=1S/C14H11F3/c15-13(11-7-3-1-4-8-11)14(16,17)12-9-5-2-6-10-12/h1-10,13H/t13-/m0/s1. The maximum Gasteiger partial charge on any atom is 0.307 e. The van der Waals surface area contributed by atoms with Crippen molar-refractivity contribution in [2.24, 2.45) is 0 Å². The molecule has 2 aromatic carbocycles. The fraction of sp³-hybridized carbons (Fsp3) is 0.143. The quantitative estimate of drug-likeness (QED) is 0.736. The molecule has 0 radical (unpaired) electrons. The Morgan fingerprint density at radius 1 is 0.765 bits per heavy atom. The van der Waals surface area contributed by atoms with Crippen molar-refractivity contribution < 1.29 is 13.2 Å². The molecule has 0 spiro atoms. The minimum Gasteiger partial charge on any atom is -0.235 e. The minimum atomic E-state index is -3.51. The molecule has 0 aromatic heterocycles. The van der Waals surface area contributed by atoms with Crippen LogP contribution in [0.3, 0.4) is 0 Å². The molecule has 0 aliphatic rings. The molecule has 0 saturated heterocycles. The average Bonchev–Trinajstić information content (AvgIpc) is 2.40. The first kappa shape index (κ1) is 11.7. The van der Waals surface area contributed by atoms with Crippen molar-refractivity contribution >= 4 is 0 Å². The molecule has 0 N–H and O–H groups in total. The molecule has 0 fully saturated rings. The van der Waals surface area contributed by atoms with Crippen LogP contribution in [0.25, 0.3) is 0 Å². The lowest BCUT2D eigenvalue weighted by molar-refractivity contribution is -0.0809. The van der Waals surface area contributed by atoms with Gasteiger partial charge in [-0.3, -0.25) is 0 Å². The van der Waals surface area contributed by atoms with Gasteiger partial charge < -0.3 is 0 Å². The van der Waals surface area contributed by atoms with Crippen LogP contribution in [0.4, 0.5) is 13.2 Å². The molecule has 0 saturated carbocycles. The molecule has 0 bridgehead atoms. The third kappa shape index (κ3) is 2.33. The molecule has 0 aliphatic carbocycles. The van der Waals surface area contributed by atoms with E-state index in [0.29, 0.717) is 0 Å². The van der Waals surface area contributed by atoms with Gasteiger partial charge in [0.05, 0.1) is 0 Å². The predicted molar refractivity (Wildman–Crippen MR) is 60.6 cm³/mol. The zero-order valence-electron chi connectivity index (χ0n) is 8.98.